The van der Waals surface area contributed by atoms with Crippen molar-refractivity contribution in [3.05, 3.63) is 35.4 Å². The Morgan fingerprint density at radius 3 is 2.53 bits per heavy atom. The molecule has 104 valence electrons. The Kier molecular flexibility index (Phi) is 4.14. The SMILES string of the molecule is O=C(NC1(CO)CCCCC1)c1ccc(F)cc1F. The zero-order chi connectivity index (χ0) is 13.9. The Morgan fingerprint density at radius 1 is 1.26 bits per heavy atom. The average Bonchev–Trinajstić information content (AvgIpc) is 2.39. The van der Waals surface area contributed by atoms with Gasteiger partial charge in [0.1, 0.15) is 11.6 Å². The van der Waals surface area contributed by atoms with Gasteiger partial charge in [-0.2, -0.15) is 0 Å². The van der Waals surface area contributed by atoms with Gasteiger partial charge in [-0.15, -0.1) is 0 Å². The fourth-order valence-electron chi connectivity index (χ4n) is 2.53. The number of carbonyl (C=O) groups excluding carboxylic acids is 1. The second-order valence-corrected chi connectivity index (χ2v) is 5.08. The third-order valence-electron chi connectivity index (χ3n) is 3.67. The van der Waals surface area contributed by atoms with Gasteiger partial charge in [0, 0.05) is 6.07 Å². The molecule has 0 heterocycles. The van der Waals surface area contributed by atoms with Crippen molar-refractivity contribution in [2.24, 2.45) is 0 Å². The quantitative estimate of drug-likeness (QED) is 0.885. The van der Waals surface area contributed by atoms with Crippen LogP contribution >= 0.6 is 0 Å². The van der Waals surface area contributed by atoms with Gasteiger partial charge in [-0.1, -0.05) is 19.3 Å². The summed E-state index contributed by atoms with van der Waals surface area (Å²) in [4.78, 5) is 12.0. The summed E-state index contributed by atoms with van der Waals surface area (Å²) < 4.78 is 26.3. The molecule has 1 aromatic carbocycles. The monoisotopic (exact) mass is 269 g/mol. The van der Waals surface area contributed by atoms with Crippen molar-refractivity contribution in [1.29, 1.82) is 0 Å². The van der Waals surface area contributed by atoms with E-state index in [0.29, 0.717) is 18.9 Å². The van der Waals surface area contributed by atoms with Gasteiger partial charge in [0.15, 0.2) is 0 Å². The largest absolute Gasteiger partial charge is 0.394 e. The molecule has 3 nitrogen and oxygen atoms in total. The van der Waals surface area contributed by atoms with Gasteiger partial charge >= 0.3 is 0 Å². The Hall–Kier alpha value is -1.49. The van der Waals surface area contributed by atoms with E-state index in [-0.39, 0.29) is 12.2 Å². The topological polar surface area (TPSA) is 49.3 Å². The van der Waals surface area contributed by atoms with Crippen LogP contribution in [0, 0.1) is 11.6 Å². The molecule has 1 aliphatic carbocycles. The van der Waals surface area contributed by atoms with Crippen LogP contribution in [0.2, 0.25) is 0 Å². The van der Waals surface area contributed by atoms with Crippen molar-refractivity contribution in [2.75, 3.05) is 6.61 Å². The number of aliphatic hydroxyl groups is 1. The van der Waals surface area contributed by atoms with Gasteiger partial charge in [0.25, 0.3) is 5.91 Å². The molecule has 1 aliphatic rings. The molecule has 2 rings (SSSR count). The Labute approximate surface area is 110 Å². The number of carbonyl (C=O) groups is 1. The Balaban J connectivity index is 2.15. The number of amides is 1. The molecule has 0 unspecified atom stereocenters. The van der Waals surface area contributed by atoms with Crippen molar-refractivity contribution >= 4 is 5.91 Å². The third-order valence-corrected chi connectivity index (χ3v) is 3.67. The zero-order valence-electron chi connectivity index (χ0n) is 10.6. The van der Waals surface area contributed by atoms with E-state index in [1.54, 1.807) is 0 Å². The van der Waals surface area contributed by atoms with Crippen LogP contribution < -0.4 is 5.32 Å². The van der Waals surface area contributed by atoms with Crippen molar-refractivity contribution in [2.45, 2.75) is 37.6 Å². The van der Waals surface area contributed by atoms with E-state index in [1.807, 2.05) is 0 Å². The molecule has 0 saturated heterocycles. The second kappa shape index (κ2) is 5.65. The summed E-state index contributed by atoms with van der Waals surface area (Å²) in [6.45, 7) is -0.165. The zero-order valence-corrected chi connectivity index (χ0v) is 10.6. The molecule has 19 heavy (non-hydrogen) atoms. The van der Waals surface area contributed by atoms with E-state index in [9.17, 15) is 18.7 Å². The number of hydrogen-bond donors (Lipinski definition) is 2. The first-order chi connectivity index (χ1) is 9.06. The molecule has 0 aliphatic heterocycles. The van der Waals surface area contributed by atoms with Crippen molar-refractivity contribution in [1.82, 2.24) is 5.32 Å². The molecule has 0 atom stereocenters. The third kappa shape index (κ3) is 3.10. The summed E-state index contributed by atoms with van der Waals surface area (Å²) >= 11 is 0. The lowest BCUT2D eigenvalue weighted by molar-refractivity contribution is 0.0755. The van der Waals surface area contributed by atoms with E-state index in [2.05, 4.69) is 5.32 Å². The van der Waals surface area contributed by atoms with Crippen LogP contribution in [-0.2, 0) is 0 Å². The number of benzene rings is 1. The van der Waals surface area contributed by atoms with Crippen LogP contribution in [-0.4, -0.2) is 23.2 Å². The van der Waals surface area contributed by atoms with Gasteiger partial charge < -0.3 is 10.4 Å². The highest BCUT2D eigenvalue weighted by Gasteiger charge is 2.33. The van der Waals surface area contributed by atoms with Crippen LogP contribution in [0.3, 0.4) is 0 Å². The fraction of sp³-hybridized carbons (Fsp3) is 0.500. The molecule has 1 amide bonds. The van der Waals surface area contributed by atoms with Crippen LogP contribution in [0.15, 0.2) is 18.2 Å². The minimum atomic E-state index is -0.888. The Morgan fingerprint density at radius 2 is 1.95 bits per heavy atom. The van der Waals surface area contributed by atoms with E-state index >= 15 is 0 Å². The van der Waals surface area contributed by atoms with Crippen molar-refractivity contribution < 1.29 is 18.7 Å². The number of aliphatic hydroxyl groups excluding tert-OH is 1. The minimum Gasteiger partial charge on any atom is -0.394 e. The van der Waals surface area contributed by atoms with Gasteiger partial charge in [-0.05, 0) is 25.0 Å². The molecule has 0 spiro atoms. The molecule has 0 aromatic heterocycles. The summed E-state index contributed by atoms with van der Waals surface area (Å²) in [5.74, 6) is -2.21. The Bertz CT molecular complexity index is 471. The summed E-state index contributed by atoms with van der Waals surface area (Å²) in [6.07, 6.45) is 4.28. The maximum absolute atomic E-state index is 13.5. The fourth-order valence-corrected chi connectivity index (χ4v) is 2.53. The number of halogens is 2. The van der Waals surface area contributed by atoms with Gasteiger partial charge in [-0.3, -0.25) is 4.79 Å². The van der Waals surface area contributed by atoms with E-state index in [4.69, 9.17) is 0 Å². The molecular weight excluding hydrogens is 252 g/mol. The first kappa shape index (κ1) is 13.9. The van der Waals surface area contributed by atoms with Gasteiger partial charge in [0.2, 0.25) is 0 Å². The van der Waals surface area contributed by atoms with Crippen molar-refractivity contribution in [3.63, 3.8) is 0 Å². The highest BCUT2D eigenvalue weighted by atomic mass is 19.1. The molecule has 1 saturated carbocycles. The average molecular weight is 269 g/mol. The molecule has 1 aromatic rings. The van der Waals surface area contributed by atoms with Crippen molar-refractivity contribution in [3.8, 4) is 0 Å². The molecular formula is C14H17F2NO2. The minimum absolute atomic E-state index is 0.165. The van der Waals surface area contributed by atoms with E-state index < -0.39 is 23.1 Å². The molecule has 0 radical (unpaired) electrons. The molecule has 1 fully saturated rings. The van der Waals surface area contributed by atoms with Gasteiger partial charge in [-0.25, -0.2) is 8.78 Å². The lowest BCUT2D eigenvalue weighted by atomic mass is 9.82. The summed E-state index contributed by atoms with van der Waals surface area (Å²) in [5.41, 5.74) is -0.865. The summed E-state index contributed by atoms with van der Waals surface area (Å²) in [7, 11) is 0. The summed E-state index contributed by atoms with van der Waals surface area (Å²) in [5, 5.41) is 12.2. The van der Waals surface area contributed by atoms with Crippen LogP contribution in [0.1, 0.15) is 42.5 Å². The summed E-state index contributed by atoms with van der Waals surface area (Å²) in [6, 6.07) is 2.85. The smallest absolute Gasteiger partial charge is 0.254 e. The highest BCUT2D eigenvalue weighted by Crippen LogP contribution is 2.28. The normalized spacial score (nSPS) is 18.1. The molecule has 2 N–H and O–H groups in total. The number of nitrogens with one attached hydrogen (secondary N) is 1. The van der Waals surface area contributed by atoms with Gasteiger partial charge in [0.05, 0.1) is 17.7 Å². The standard InChI is InChI=1S/C14H17F2NO2/c15-10-4-5-11(12(16)8-10)13(19)17-14(9-18)6-2-1-3-7-14/h4-5,8,18H,1-3,6-7,9H2,(H,17,19). The van der Waals surface area contributed by atoms with Crippen LogP contribution in [0.25, 0.3) is 0 Å². The van der Waals surface area contributed by atoms with E-state index in [0.717, 1.165) is 31.4 Å². The second-order valence-electron chi connectivity index (χ2n) is 5.08. The first-order valence-corrected chi connectivity index (χ1v) is 6.45. The molecule has 5 heteroatoms. The maximum Gasteiger partial charge on any atom is 0.254 e. The van der Waals surface area contributed by atoms with E-state index in [1.165, 1.54) is 0 Å². The predicted octanol–water partition coefficient (Wildman–Crippen LogP) is 2.39. The van der Waals surface area contributed by atoms with Crippen LogP contribution in [0.4, 0.5) is 8.78 Å². The van der Waals surface area contributed by atoms with Crippen LogP contribution in [0.5, 0.6) is 0 Å². The molecule has 0 bridgehead atoms. The lowest BCUT2D eigenvalue weighted by Crippen LogP contribution is -2.52. The number of rotatable bonds is 3. The first-order valence-electron chi connectivity index (χ1n) is 6.45. The maximum atomic E-state index is 13.5. The predicted molar refractivity (Wildman–Crippen MR) is 66.7 cm³/mol. The highest BCUT2D eigenvalue weighted by molar-refractivity contribution is 5.95. The number of hydrogen-bond acceptors (Lipinski definition) is 2. The lowest BCUT2D eigenvalue weighted by Gasteiger charge is -2.36.